The zero-order chi connectivity index (χ0) is 11.5. The largest absolute Gasteiger partial charge is 0.447 e. The molecule has 1 fully saturated rings. The van der Waals surface area contributed by atoms with Gasteiger partial charge in [-0.25, -0.2) is 4.98 Å². The monoisotopic (exact) mass is 223 g/mol. The normalized spacial score (nSPS) is 16.8. The minimum atomic E-state index is -0.0149. The van der Waals surface area contributed by atoms with Gasteiger partial charge in [-0.15, -0.1) is 0 Å². The molecular weight excluding hydrogens is 206 g/mol. The van der Waals surface area contributed by atoms with Gasteiger partial charge in [0.15, 0.2) is 12.1 Å². The smallest absolute Gasteiger partial charge is 0.276 e. The third-order valence-corrected chi connectivity index (χ3v) is 2.73. The number of hydrogen-bond donors (Lipinski definition) is 1. The minimum Gasteiger partial charge on any atom is -0.447 e. The third kappa shape index (κ3) is 2.09. The van der Waals surface area contributed by atoms with Crippen molar-refractivity contribution in [3.05, 3.63) is 17.8 Å². The van der Waals surface area contributed by atoms with Crippen LogP contribution < -0.4 is 5.32 Å². The van der Waals surface area contributed by atoms with Crippen molar-refractivity contribution in [1.29, 1.82) is 0 Å². The van der Waals surface area contributed by atoms with Crippen LogP contribution in [0.3, 0.4) is 0 Å². The molecule has 1 saturated heterocycles. The predicted octanol–water partition coefficient (Wildman–Crippen LogP) is 0.843. The summed E-state index contributed by atoms with van der Waals surface area (Å²) in [6.45, 7) is 7.16. The zero-order valence-corrected chi connectivity index (χ0v) is 9.69. The SMILES string of the molecule is CC(C)c1ocnc1C(=O)N1CCNCC1. The van der Waals surface area contributed by atoms with Gasteiger partial charge in [-0.3, -0.25) is 4.79 Å². The highest BCUT2D eigenvalue weighted by atomic mass is 16.3. The van der Waals surface area contributed by atoms with Crippen LogP contribution in [0.1, 0.15) is 36.0 Å². The van der Waals surface area contributed by atoms with E-state index in [4.69, 9.17) is 4.42 Å². The number of oxazole rings is 1. The molecule has 0 unspecified atom stereocenters. The molecule has 0 aromatic carbocycles. The Morgan fingerprint density at radius 3 is 2.81 bits per heavy atom. The summed E-state index contributed by atoms with van der Waals surface area (Å²) in [4.78, 5) is 18.0. The average Bonchev–Trinajstić information content (AvgIpc) is 2.78. The lowest BCUT2D eigenvalue weighted by Gasteiger charge is -2.26. The van der Waals surface area contributed by atoms with Crippen LogP contribution in [0.5, 0.6) is 0 Å². The first kappa shape index (κ1) is 11.1. The summed E-state index contributed by atoms with van der Waals surface area (Å²) in [5.41, 5.74) is 0.469. The van der Waals surface area contributed by atoms with Gasteiger partial charge < -0.3 is 14.6 Å². The third-order valence-electron chi connectivity index (χ3n) is 2.73. The van der Waals surface area contributed by atoms with Gasteiger partial charge in [0, 0.05) is 32.1 Å². The second-order valence-corrected chi connectivity index (χ2v) is 4.26. The summed E-state index contributed by atoms with van der Waals surface area (Å²) in [6.07, 6.45) is 1.35. The molecule has 0 saturated carbocycles. The van der Waals surface area contributed by atoms with E-state index in [1.165, 1.54) is 6.39 Å². The highest BCUT2D eigenvalue weighted by Crippen LogP contribution is 2.19. The molecule has 1 N–H and O–H groups in total. The van der Waals surface area contributed by atoms with Gasteiger partial charge >= 0.3 is 0 Å². The molecule has 0 bridgehead atoms. The number of carbonyl (C=O) groups is 1. The standard InChI is InChI=1S/C11H17N3O2/c1-8(2)10-9(13-7-16-10)11(15)14-5-3-12-4-6-14/h7-8,12H,3-6H2,1-2H3. The van der Waals surface area contributed by atoms with Crippen LogP contribution in [0, 0.1) is 0 Å². The van der Waals surface area contributed by atoms with E-state index in [1.54, 1.807) is 0 Å². The van der Waals surface area contributed by atoms with E-state index < -0.39 is 0 Å². The van der Waals surface area contributed by atoms with Crippen LogP contribution in [-0.4, -0.2) is 42.0 Å². The van der Waals surface area contributed by atoms with Crippen molar-refractivity contribution in [2.24, 2.45) is 0 Å². The molecule has 0 spiro atoms. The molecule has 1 aromatic rings. The van der Waals surface area contributed by atoms with Crippen molar-refractivity contribution in [3.8, 4) is 0 Å². The molecule has 0 aliphatic carbocycles. The van der Waals surface area contributed by atoms with Crippen LogP contribution >= 0.6 is 0 Å². The van der Waals surface area contributed by atoms with Crippen LogP contribution in [0.25, 0.3) is 0 Å². The molecule has 1 amide bonds. The Bertz CT molecular complexity index is 367. The topological polar surface area (TPSA) is 58.4 Å². The molecular formula is C11H17N3O2. The van der Waals surface area contributed by atoms with Crippen LogP contribution in [-0.2, 0) is 0 Å². The zero-order valence-electron chi connectivity index (χ0n) is 9.69. The summed E-state index contributed by atoms with van der Waals surface area (Å²) in [5.74, 6) is 0.854. The van der Waals surface area contributed by atoms with E-state index >= 15 is 0 Å². The first-order valence-corrected chi connectivity index (χ1v) is 5.63. The lowest BCUT2D eigenvalue weighted by molar-refractivity contribution is 0.0727. The minimum absolute atomic E-state index is 0.0149. The molecule has 0 radical (unpaired) electrons. The maximum absolute atomic E-state index is 12.2. The summed E-state index contributed by atoms with van der Waals surface area (Å²) in [7, 11) is 0. The molecule has 1 aliphatic heterocycles. The Balaban J connectivity index is 2.16. The molecule has 0 atom stereocenters. The van der Waals surface area contributed by atoms with Crippen molar-refractivity contribution in [1.82, 2.24) is 15.2 Å². The molecule has 16 heavy (non-hydrogen) atoms. The highest BCUT2D eigenvalue weighted by molar-refractivity contribution is 5.93. The Morgan fingerprint density at radius 1 is 1.50 bits per heavy atom. The molecule has 2 rings (SSSR count). The number of aromatic nitrogens is 1. The lowest BCUT2D eigenvalue weighted by Crippen LogP contribution is -2.46. The number of rotatable bonds is 2. The summed E-state index contributed by atoms with van der Waals surface area (Å²) < 4.78 is 5.26. The first-order valence-electron chi connectivity index (χ1n) is 5.63. The van der Waals surface area contributed by atoms with E-state index in [-0.39, 0.29) is 11.8 Å². The van der Waals surface area contributed by atoms with E-state index in [2.05, 4.69) is 10.3 Å². The fourth-order valence-electron chi connectivity index (χ4n) is 1.84. The van der Waals surface area contributed by atoms with Crippen molar-refractivity contribution in [2.75, 3.05) is 26.2 Å². The number of carbonyl (C=O) groups excluding carboxylic acids is 1. The van der Waals surface area contributed by atoms with Gasteiger partial charge in [0.05, 0.1) is 0 Å². The van der Waals surface area contributed by atoms with E-state index in [1.807, 2.05) is 18.7 Å². The predicted molar refractivity (Wildman–Crippen MR) is 59.4 cm³/mol. The lowest BCUT2D eigenvalue weighted by atomic mass is 10.1. The number of nitrogens with zero attached hydrogens (tertiary/aromatic N) is 2. The van der Waals surface area contributed by atoms with Crippen LogP contribution in [0.2, 0.25) is 0 Å². The highest BCUT2D eigenvalue weighted by Gasteiger charge is 2.24. The van der Waals surface area contributed by atoms with Gasteiger partial charge in [0.25, 0.3) is 5.91 Å². The van der Waals surface area contributed by atoms with Crippen molar-refractivity contribution < 1.29 is 9.21 Å². The van der Waals surface area contributed by atoms with Crippen molar-refractivity contribution in [3.63, 3.8) is 0 Å². The van der Waals surface area contributed by atoms with Crippen molar-refractivity contribution >= 4 is 5.91 Å². The Labute approximate surface area is 94.8 Å². The van der Waals surface area contributed by atoms with E-state index in [0.29, 0.717) is 11.5 Å². The Hall–Kier alpha value is -1.36. The average molecular weight is 223 g/mol. The molecule has 88 valence electrons. The number of piperazine rings is 1. The number of amides is 1. The summed E-state index contributed by atoms with van der Waals surface area (Å²) in [6, 6.07) is 0. The second kappa shape index (κ2) is 4.65. The molecule has 5 heteroatoms. The maximum atomic E-state index is 12.2. The number of nitrogens with one attached hydrogen (secondary N) is 1. The maximum Gasteiger partial charge on any atom is 0.276 e. The Kier molecular flexibility index (Phi) is 3.24. The fraction of sp³-hybridized carbons (Fsp3) is 0.636. The van der Waals surface area contributed by atoms with Crippen LogP contribution in [0.15, 0.2) is 10.8 Å². The first-order chi connectivity index (χ1) is 7.70. The van der Waals surface area contributed by atoms with Crippen LogP contribution in [0.4, 0.5) is 0 Å². The van der Waals surface area contributed by atoms with E-state index in [9.17, 15) is 4.79 Å². The molecule has 1 aliphatic rings. The van der Waals surface area contributed by atoms with Gasteiger partial charge in [0.1, 0.15) is 5.76 Å². The van der Waals surface area contributed by atoms with Gasteiger partial charge in [-0.05, 0) is 0 Å². The molecule has 1 aromatic heterocycles. The van der Waals surface area contributed by atoms with Gasteiger partial charge in [-0.2, -0.15) is 0 Å². The molecule has 2 heterocycles. The second-order valence-electron chi connectivity index (χ2n) is 4.26. The van der Waals surface area contributed by atoms with Gasteiger partial charge in [0.2, 0.25) is 0 Å². The number of hydrogen-bond acceptors (Lipinski definition) is 4. The van der Waals surface area contributed by atoms with E-state index in [0.717, 1.165) is 26.2 Å². The summed E-state index contributed by atoms with van der Waals surface area (Å²) in [5, 5.41) is 3.21. The van der Waals surface area contributed by atoms with Crippen molar-refractivity contribution in [2.45, 2.75) is 19.8 Å². The summed E-state index contributed by atoms with van der Waals surface area (Å²) >= 11 is 0. The fourth-order valence-corrected chi connectivity index (χ4v) is 1.84. The molecule has 5 nitrogen and oxygen atoms in total. The Morgan fingerprint density at radius 2 is 2.19 bits per heavy atom. The van der Waals surface area contributed by atoms with Gasteiger partial charge in [-0.1, -0.05) is 13.8 Å². The quantitative estimate of drug-likeness (QED) is 0.807.